The van der Waals surface area contributed by atoms with Gasteiger partial charge in [0.15, 0.2) is 0 Å². The highest BCUT2D eigenvalue weighted by Crippen LogP contribution is 2.27. The van der Waals surface area contributed by atoms with Gasteiger partial charge < -0.3 is 14.7 Å². The minimum Gasteiger partial charge on any atom is -0.507 e. The monoisotopic (exact) mass is 278 g/mol. The van der Waals surface area contributed by atoms with Crippen molar-refractivity contribution in [2.75, 3.05) is 33.8 Å². The molecule has 1 aliphatic rings. The molecule has 0 unspecified atom stereocenters. The van der Waals surface area contributed by atoms with E-state index in [9.17, 15) is 9.90 Å². The largest absolute Gasteiger partial charge is 0.507 e. The first-order chi connectivity index (χ1) is 9.35. The molecule has 0 saturated carbocycles. The number of likely N-dealkylation sites (N-methyl/N-ethyl adjacent to an activating group) is 1. The van der Waals surface area contributed by atoms with E-state index in [4.69, 9.17) is 4.74 Å². The van der Waals surface area contributed by atoms with Crippen LogP contribution in [-0.2, 0) is 0 Å². The van der Waals surface area contributed by atoms with E-state index in [2.05, 4.69) is 25.8 Å². The lowest BCUT2D eigenvalue weighted by atomic mass is 9.99. The number of hydrogen-bond acceptors (Lipinski definition) is 4. The lowest BCUT2D eigenvalue weighted by Crippen LogP contribution is -2.58. The van der Waals surface area contributed by atoms with E-state index < -0.39 is 0 Å². The van der Waals surface area contributed by atoms with Crippen LogP contribution in [0.3, 0.4) is 0 Å². The van der Waals surface area contributed by atoms with Crippen LogP contribution in [0.1, 0.15) is 24.2 Å². The number of amides is 1. The first-order valence-electron chi connectivity index (χ1n) is 6.72. The maximum atomic E-state index is 12.5. The van der Waals surface area contributed by atoms with E-state index in [1.54, 1.807) is 17.0 Å². The van der Waals surface area contributed by atoms with Gasteiger partial charge in [0.25, 0.3) is 5.91 Å². The SMILES string of the molecule is COc1ccc(C(=O)N2CCN(C)C(C)(C)C2)c(O)c1. The molecule has 2 rings (SSSR count). The number of aromatic hydroxyl groups is 1. The van der Waals surface area contributed by atoms with E-state index in [0.29, 0.717) is 24.4 Å². The van der Waals surface area contributed by atoms with Crippen molar-refractivity contribution in [2.45, 2.75) is 19.4 Å². The molecular formula is C15H22N2O3. The molecule has 1 N–H and O–H groups in total. The molecular weight excluding hydrogens is 256 g/mol. The van der Waals surface area contributed by atoms with Crippen molar-refractivity contribution >= 4 is 5.91 Å². The van der Waals surface area contributed by atoms with E-state index >= 15 is 0 Å². The average Bonchev–Trinajstić information content (AvgIpc) is 2.41. The molecule has 5 nitrogen and oxygen atoms in total. The Kier molecular flexibility index (Phi) is 3.90. The summed E-state index contributed by atoms with van der Waals surface area (Å²) < 4.78 is 5.03. The van der Waals surface area contributed by atoms with Crippen LogP contribution in [0.4, 0.5) is 0 Å². The van der Waals surface area contributed by atoms with E-state index in [1.165, 1.54) is 13.2 Å². The molecule has 0 atom stereocenters. The number of carbonyl (C=O) groups excluding carboxylic acids is 1. The summed E-state index contributed by atoms with van der Waals surface area (Å²) in [6.45, 7) is 6.37. The van der Waals surface area contributed by atoms with Gasteiger partial charge in [0.2, 0.25) is 0 Å². The van der Waals surface area contributed by atoms with E-state index in [0.717, 1.165) is 6.54 Å². The van der Waals surface area contributed by atoms with Crippen LogP contribution in [0.2, 0.25) is 0 Å². The molecule has 1 aliphatic heterocycles. The van der Waals surface area contributed by atoms with Gasteiger partial charge in [0, 0.05) is 31.2 Å². The number of benzene rings is 1. The predicted octanol–water partition coefficient (Wildman–Crippen LogP) is 1.57. The van der Waals surface area contributed by atoms with Gasteiger partial charge in [-0.2, -0.15) is 0 Å². The Labute approximate surface area is 119 Å². The minimum absolute atomic E-state index is 0.0360. The zero-order valence-electron chi connectivity index (χ0n) is 12.5. The molecule has 0 radical (unpaired) electrons. The van der Waals surface area contributed by atoms with Crippen molar-refractivity contribution in [3.8, 4) is 11.5 Å². The fraction of sp³-hybridized carbons (Fsp3) is 0.533. The summed E-state index contributed by atoms with van der Waals surface area (Å²) in [5, 5.41) is 9.97. The van der Waals surface area contributed by atoms with Crippen molar-refractivity contribution in [2.24, 2.45) is 0 Å². The highest BCUT2D eigenvalue weighted by molar-refractivity contribution is 5.97. The number of piperazine rings is 1. The maximum absolute atomic E-state index is 12.5. The van der Waals surface area contributed by atoms with Crippen molar-refractivity contribution in [1.29, 1.82) is 0 Å². The summed E-state index contributed by atoms with van der Waals surface area (Å²) in [5.41, 5.74) is 0.266. The van der Waals surface area contributed by atoms with Crippen molar-refractivity contribution in [1.82, 2.24) is 9.80 Å². The van der Waals surface area contributed by atoms with Crippen LogP contribution in [0.25, 0.3) is 0 Å². The number of ether oxygens (including phenoxy) is 1. The Balaban J connectivity index is 2.20. The lowest BCUT2D eigenvalue weighted by molar-refractivity contribution is 0.0309. The number of phenols is 1. The second-order valence-corrected chi connectivity index (χ2v) is 5.84. The van der Waals surface area contributed by atoms with Crippen LogP contribution in [-0.4, -0.2) is 60.1 Å². The van der Waals surface area contributed by atoms with Crippen LogP contribution >= 0.6 is 0 Å². The summed E-state index contributed by atoms with van der Waals surface area (Å²) in [4.78, 5) is 16.6. The molecule has 1 fully saturated rings. The number of methoxy groups -OCH3 is 1. The Morgan fingerprint density at radius 3 is 2.60 bits per heavy atom. The molecule has 0 spiro atoms. The number of rotatable bonds is 2. The standard InChI is InChI=1S/C15H22N2O3/c1-15(2)10-17(8-7-16(15)3)14(19)12-6-5-11(20-4)9-13(12)18/h5-6,9,18H,7-8,10H2,1-4H3. The molecule has 1 aromatic carbocycles. The topological polar surface area (TPSA) is 53.0 Å². The summed E-state index contributed by atoms with van der Waals surface area (Å²) >= 11 is 0. The third kappa shape index (κ3) is 2.72. The van der Waals surface area contributed by atoms with Gasteiger partial charge in [-0.05, 0) is 33.0 Å². The third-order valence-corrected chi connectivity index (χ3v) is 4.04. The summed E-state index contributed by atoms with van der Waals surface area (Å²) in [6, 6.07) is 4.77. The van der Waals surface area contributed by atoms with Gasteiger partial charge >= 0.3 is 0 Å². The second kappa shape index (κ2) is 5.32. The van der Waals surface area contributed by atoms with Crippen molar-refractivity contribution < 1.29 is 14.6 Å². The normalized spacial score (nSPS) is 18.9. The zero-order chi connectivity index (χ0) is 14.9. The fourth-order valence-corrected chi connectivity index (χ4v) is 2.40. The first kappa shape index (κ1) is 14.7. The van der Waals surface area contributed by atoms with Crippen molar-refractivity contribution in [3.63, 3.8) is 0 Å². The Bertz CT molecular complexity index is 514. The molecule has 1 heterocycles. The highest BCUT2D eigenvalue weighted by Gasteiger charge is 2.34. The van der Waals surface area contributed by atoms with Crippen molar-refractivity contribution in [3.05, 3.63) is 23.8 Å². The summed E-state index contributed by atoms with van der Waals surface area (Å²) in [7, 11) is 3.59. The molecule has 1 amide bonds. The van der Waals surface area contributed by atoms with Gasteiger partial charge in [-0.1, -0.05) is 0 Å². The first-order valence-corrected chi connectivity index (χ1v) is 6.72. The number of phenolic OH excluding ortho intramolecular Hbond substituents is 1. The number of carbonyl (C=O) groups is 1. The van der Waals surface area contributed by atoms with Gasteiger partial charge in [0.1, 0.15) is 11.5 Å². The minimum atomic E-state index is -0.133. The molecule has 0 aliphatic carbocycles. The lowest BCUT2D eigenvalue weighted by Gasteiger charge is -2.45. The second-order valence-electron chi connectivity index (χ2n) is 5.84. The van der Waals surface area contributed by atoms with Gasteiger partial charge in [-0.15, -0.1) is 0 Å². The Morgan fingerprint density at radius 1 is 1.35 bits per heavy atom. The number of hydrogen-bond donors (Lipinski definition) is 1. The van der Waals surface area contributed by atoms with Gasteiger partial charge in [-0.25, -0.2) is 0 Å². The Morgan fingerprint density at radius 2 is 2.05 bits per heavy atom. The zero-order valence-corrected chi connectivity index (χ0v) is 12.5. The number of nitrogens with zero attached hydrogens (tertiary/aromatic N) is 2. The molecule has 1 aromatic rings. The molecule has 5 heteroatoms. The van der Waals surface area contributed by atoms with Crippen LogP contribution in [0.15, 0.2) is 18.2 Å². The average molecular weight is 278 g/mol. The quantitative estimate of drug-likeness (QED) is 0.892. The summed E-state index contributed by atoms with van der Waals surface area (Å²) in [6.07, 6.45) is 0. The van der Waals surface area contributed by atoms with Crippen LogP contribution in [0, 0.1) is 0 Å². The third-order valence-electron chi connectivity index (χ3n) is 4.04. The Hall–Kier alpha value is -1.75. The molecule has 0 aromatic heterocycles. The van der Waals surface area contributed by atoms with E-state index in [-0.39, 0.29) is 17.2 Å². The highest BCUT2D eigenvalue weighted by atomic mass is 16.5. The van der Waals surface area contributed by atoms with Gasteiger partial charge in [0.05, 0.1) is 12.7 Å². The van der Waals surface area contributed by atoms with Crippen LogP contribution < -0.4 is 4.74 Å². The predicted molar refractivity (Wildman–Crippen MR) is 77.3 cm³/mol. The fourth-order valence-electron chi connectivity index (χ4n) is 2.40. The molecule has 110 valence electrons. The van der Waals surface area contributed by atoms with Crippen LogP contribution in [0.5, 0.6) is 11.5 Å². The molecule has 1 saturated heterocycles. The maximum Gasteiger partial charge on any atom is 0.257 e. The van der Waals surface area contributed by atoms with E-state index in [1.807, 2.05) is 0 Å². The smallest absolute Gasteiger partial charge is 0.257 e. The molecule has 20 heavy (non-hydrogen) atoms. The summed E-state index contributed by atoms with van der Waals surface area (Å²) in [5.74, 6) is 0.371. The molecule has 0 bridgehead atoms. The van der Waals surface area contributed by atoms with Gasteiger partial charge in [-0.3, -0.25) is 9.69 Å².